The van der Waals surface area contributed by atoms with Crippen molar-refractivity contribution < 1.29 is 0 Å². The van der Waals surface area contributed by atoms with Crippen LogP contribution in [0.15, 0.2) is 42.3 Å². The highest BCUT2D eigenvalue weighted by Crippen LogP contribution is 2.22. The second-order valence-corrected chi connectivity index (χ2v) is 4.94. The molecule has 0 amide bonds. The summed E-state index contributed by atoms with van der Waals surface area (Å²) in [6.07, 6.45) is 8.11. The lowest BCUT2D eigenvalue weighted by atomic mass is 10.2. The lowest BCUT2D eigenvalue weighted by Crippen LogP contribution is -1.97. The van der Waals surface area contributed by atoms with E-state index >= 15 is 0 Å². The van der Waals surface area contributed by atoms with E-state index in [-0.39, 0.29) is 24.8 Å². The van der Waals surface area contributed by atoms with Crippen LogP contribution in [0.1, 0.15) is 10.8 Å². The highest BCUT2D eigenvalue weighted by molar-refractivity contribution is 7.10. The fraction of sp³-hybridized carbons (Fsp3) is 0.154. The van der Waals surface area contributed by atoms with Crippen molar-refractivity contribution in [3.8, 4) is 11.3 Å². The summed E-state index contributed by atoms with van der Waals surface area (Å²) in [6, 6.07) is 3.94. The zero-order valence-electron chi connectivity index (χ0n) is 10.8. The monoisotopic (exact) mass is 328 g/mol. The predicted molar refractivity (Wildman–Crippen MR) is 85.9 cm³/mol. The Morgan fingerprint density at radius 1 is 1.15 bits per heavy atom. The molecule has 3 rings (SSSR count). The lowest BCUT2D eigenvalue weighted by Gasteiger charge is -1.98. The minimum atomic E-state index is 0. The Hall–Kier alpha value is -1.43. The molecule has 0 fully saturated rings. The molecular formula is C13H14Cl2N4S. The summed E-state index contributed by atoms with van der Waals surface area (Å²) in [5, 5.41) is 3.16. The van der Waals surface area contributed by atoms with Crippen LogP contribution in [0.25, 0.3) is 11.3 Å². The number of aromatic nitrogens is 4. The molecule has 0 N–H and O–H groups in total. The van der Waals surface area contributed by atoms with E-state index in [1.54, 1.807) is 23.7 Å². The van der Waals surface area contributed by atoms with Gasteiger partial charge in [-0.25, -0.2) is 9.97 Å². The number of rotatable bonds is 3. The molecule has 0 aliphatic heterocycles. The standard InChI is InChI=1S/C13H12N4S.2ClH/c1-17-7-6-15-12(17)8-13-16-11(9-18-13)10-2-4-14-5-3-10;;/h2-7,9H,8H2,1H3;2*1H. The third-order valence-electron chi connectivity index (χ3n) is 2.76. The fourth-order valence-electron chi connectivity index (χ4n) is 1.75. The summed E-state index contributed by atoms with van der Waals surface area (Å²) >= 11 is 1.67. The van der Waals surface area contributed by atoms with E-state index in [0.29, 0.717) is 0 Å². The van der Waals surface area contributed by atoms with E-state index < -0.39 is 0 Å². The normalized spacial score (nSPS) is 9.65. The van der Waals surface area contributed by atoms with Gasteiger partial charge in [0.1, 0.15) is 10.8 Å². The van der Waals surface area contributed by atoms with Crippen LogP contribution in [0, 0.1) is 0 Å². The first kappa shape index (κ1) is 16.6. The molecule has 3 aromatic rings. The van der Waals surface area contributed by atoms with Crippen LogP contribution < -0.4 is 0 Å². The van der Waals surface area contributed by atoms with Crippen LogP contribution in [0.4, 0.5) is 0 Å². The topological polar surface area (TPSA) is 43.6 Å². The van der Waals surface area contributed by atoms with Crippen LogP contribution in [-0.2, 0) is 13.5 Å². The van der Waals surface area contributed by atoms with Gasteiger partial charge in [-0.05, 0) is 12.1 Å². The minimum Gasteiger partial charge on any atom is -0.338 e. The van der Waals surface area contributed by atoms with Crippen LogP contribution in [-0.4, -0.2) is 19.5 Å². The number of hydrogen-bond donors (Lipinski definition) is 0. The summed E-state index contributed by atoms with van der Waals surface area (Å²) in [7, 11) is 2.00. The SMILES string of the molecule is Cl.Cl.Cn1ccnc1Cc1nc(-c2ccncc2)cs1. The maximum absolute atomic E-state index is 4.63. The number of imidazole rings is 1. The van der Waals surface area contributed by atoms with Gasteiger partial charge in [0.25, 0.3) is 0 Å². The molecule has 3 heterocycles. The summed E-state index contributed by atoms with van der Waals surface area (Å²) in [5.41, 5.74) is 2.11. The van der Waals surface area contributed by atoms with Crippen LogP contribution in [0.3, 0.4) is 0 Å². The Balaban J connectivity index is 0.000001000. The molecule has 0 saturated heterocycles. The molecule has 0 aromatic carbocycles. The van der Waals surface area contributed by atoms with E-state index in [1.807, 2.05) is 36.1 Å². The molecule has 0 spiro atoms. The Morgan fingerprint density at radius 3 is 2.55 bits per heavy atom. The number of hydrogen-bond acceptors (Lipinski definition) is 4. The number of aryl methyl sites for hydroxylation is 1. The molecule has 0 bridgehead atoms. The molecule has 0 unspecified atom stereocenters. The van der Waals surface area contributed by atoms with Gasteiger partial charge < -0.3 is 4.57 Å². The van der Waals surface area contributed by atoms with E-state index in [2.05, 4.69) is 20.3 Å². The maximum atomic E-state index is 4.63. The van der Waals surface area contributed by atoms with Gasteiger partial charge in [-0.1, -0.05) is 0 Å². The van der Waals surface area contributed by atoms with Gasteiger partial charge in [0.2, 0.25) is 0 Å². The van der Waals surface area contributed by atoms with E-state index in [9.17, 15) is 0 Å². The van der Waals surface area contributed by atoms with Crippen molar-refractivity contribution in [2.45, 2.75) is 6.42 Å². The first-order valence-electron chi connectivity index (χ1n) is 5.64. The van der Waals surface area contributed by atoms with Gasteiger partial charge in [-0.15, -0.1) is 36.2 Å². The molecule has 0 radical (unpaired) electrons. The van der Waals surface area contributed by atoms with Crippen molar-refractivity contribution in [1.29, 1.82) is 0 Å². The molecular weight excluding hydrogens is 315 g/mol. The Kier molecular flexibility index (Phi) is 6.13. The second-order valence-electron chi connectivity index (χ2n) is 3.99. The molecule has 0 saturated carbocycles. The van der Waals surface area contributed by atoms with E-state index in [0.717, 1.165) is 28.5 Å². The average Bonchev–Trinajstić information content (AvgIpc) is 3.02. The van der Waals surface area contributed by atoms with Gasteiger partial charge in [0, 0.05) is 42.8 Å². The zero-order valence-corrected chi connectivity index (χ0v) is 13.2. The summed E-state index contributed by atoms with van der Waals surface area (Å²) in [5.74, 6) is 1.03. The molecule has 3 aromatic heterocycles. The highest BCUT2D eigenvalue weighted by atomic mass is 35.5. The summed E-state index contributed by atoms with van der Waals surface area (Å²) in [6.45, 7) is 0. The number of nitrogens with zero attached hydrogens (tertiary/aromatic N) is 4. The first-order chi connectivity index (χ1) is 8.83. The molecule has 0 aliphatic carbocycles. The van der Waals surface area contributed by atoms with Gasteiger partial charge in [0.15, 0.2) is 0 Å². The van der Waals surface area contributed by atoms with Gasteiger partial charge in [-0.3, -0.25) is 4.98 Å². The number of pyridine rings is 1. The lowest BCUT2D eigenvalue weighted by molar-refractivity contribution is 0.819. The molecule has 0 aliphatic rings. The largest absolute Gasteiger partial charge is 0.338 e. The van der Waals surface area contributed by atoms with Crippen molar-refractivity contribution in [3.05, 3.63) is 53.1 Å². The first-order valence-corrected chi connectivity index (χ1v) is 6.52. The third kappa shape index (κ3) is 3.56. The Morgan fingerprint density at radius 2 is 1.90 bits per heavy atom. The van der Waals surface area contributed by atoms with Crippen molar-refractivity contribution in [2.24, 2.45) is 7.05 Å². The molecule has 106 valence electrons. The summed E-state index contributed by atoms with van der Waals surface area (Å²) in [4.78, 5) is 13.0. The van der Waals surface area contributed by atoms with Gasteiger partial charge in [-0.2, -0.15) is 0 Å². The number of thiazole rings is 1. The average molecular weight is 329 g/mol. The second kappa shape index (κ2) is 7.38. The smallest absolute Gasteiger partial charge is 0.115 e. The Labute approximate surface area is 133 Å². The van der Waals surface area contributed by atoms with Crippen molar-refractivity contribution in [3.63, 3.8) is 0 Å². The predicted octanol–water partition coefficient (Wildman–Crippen LogP) is 3.37. The van der Waals surface area contributed by atoms with Gasteiger partial charge >= 0.3 is 0 Å². The van der Waals surface area contributed by atoms with E-state index in [1.165, 1.54) is 0 Å². The molecule has 7 heteroatoms. The minimum absolute atomic E-state index is 0. The van der Waals surface area contributed by atoms with Gasteiger partial charge in [0.05, 0.1) is 12.1 Å². The maximum Gasteiger partial charge on any atom is 0.115 e. The highest BCUT2D eigenvalue weighted by Gasteiger charge is 2.07. The summed E-state index contributed by atoms with van der Waals surface area (Å²) < 4.78 is 2.02. The fourth-order valence-corrected chi connectivity index (χ4v) is 2.55. The molecule has 20 heavy (non-hydrogen) atoms. The van der Waals surface area contributed by atoms with Crippen molar-refractivity contribution in [2.75, 3.05) is 0 Å². The third-order valence-corrected chi connectivity index (χ3v) is 3.61. The van der Waals surface area contributed by atoms with Crippen LogP contribution in [0.2, 0.25) is 0 Å². The van der Waals surface area contributed by atoms with Crippen LogP contribution >= 0.6 is 36.2 Å². The molecule has 4 nitrogen and oxygen atoms in total. The molecule has 0 atom stereocenters. The van der Waals surface area contributed by atoms with Crippen LogP contribution in [0.5, 0.6) is 0 Å². The quantitative estimate of drug-likeness (QED) is 0.740. The Bertz CT molecular complexity index is 651. The van der Waals surface area contributed by atoms with E-state index in [4.69, 9.17) is 0 Å². The zero-order chi connectivity index (χ0) is 12.4. The van der Waals surface area contributed by atoms with Crippen molar-refractivity contribution in [1.82, 2.24) is 19.5 Å². The number of halogens is 2. The van der Waals surface area contributed by atoms with Crippen molar-refractivity contribution >= 4 is 36.2 Å².